The zero-order valence-electron chi connectivity index (χ0n) is 9.70. The minimum Gasteiger partial charge on any atom is -0.477 e. The molecule has 0 fully saturated rings. The minimum atomic E-state index is -3.76. The Balaban J connectivity index is 2.12. The van der Waals surface area contributed by atoms with Crippen LogP contribution < -0.4 is 4.72 Å². The predicted molar refractivity (Wildman–Crippen MR) is 66.0 cm³/mol. The summed E-state index contributed by atoms with van der Waals surface area (Å²) in [5.74, 6) is -1.22. The molecule has 0 saturated heterocycles. The Morgan fingerprint density at radius 3 is 2.79 bits per heavy atom. The van der Waals surface area contributed by atoms with E-state index in [1.54, 1.807) is 24.4 Å². The maximum absolute atomic E-state index is 11.9. The number of sulfonamides is 1. The number of aromatic amines is 1. The van der Waals surface area contributed by atoms with Crippen molar-refractivity contribution < 1.29 is 18.3 Å². The van der Waals surface area contributed by atoms with Crippen LogP contribution in [0, 0.1) is 0 Å². The Labute approximate surface area is 109 Å². The van der Waals surface area contributed by atoms with Crippen molar-refractivity contribution in [2.45, 2.75) is 11.4 Å². The van der Waals surface area contributed by atoms with E-state index in [1.807, 2.05) is 0 Å². The van der Waals surface area contributed by atoms with Crippen molar-refractivity contribution in [2.24, 2.45) is 0 Å². The summed E-state index contributed by atoms with van der Waals surface area (Å²) in [5.41, 5.74) is 0.387. The third-order valence-corrected chi connectivity index (χ3v) is 3.75. The summed E-state index contributed by atoms with van der Waals surface area (Å²) in [6.07, 6.45) is 2.69. The summed E-state index contributed by atoms with van der Waals surface area (Å²) < 4.78 is 26.1. The van der Waals surface area contributed by atoms with E-state index < -0.39 is 16.0 Å². The monoisotopic (exact) mass is 281 g/mol. The number of nitrogens with one attached hydrogen (secondary N) is 2. The molecule has 19 heavy (non-hydrogen) atoms. The van der Waals surface area contributed by atoms with Crippen LogP contribution in [-0.4, -0.2) is 29.5 Å². The van der Waals surface area contributed by atoms with Gasteiger partial charge in [-0.05, 0) is 18.2 Å². The second kappa shape index (κ2) is 5.21. The van der Waals surface area contributed by atoms with Gasteiger partial charge >= 0.3 is 5.97 Å². The molecule has 0 aliphatic heterocycles. The fourth-order valence-corrected chi connectivity index (χ4v) is 2.40. The normalized spacial score (nSPS) is 11.4. The molecule has 3 N–H and O–H groups in total. The number of aromatic carboxylic acids is 1. The molecule has 2 aromatic heterocycles. The van der Waals surface area contributed by atoms with Crippen LogP contribution in [0.1, 0.15) is 16.2 Å². The largest absolute Gasteiger partial charge is 0.477 e. The van der Waals surface area contributed by atoms with E-state index in [-0.39, 0.29) is 17.1 Å². The van der Waals surface area contributed by atoms with Crippen molar-refractivity contribution in [1.82, 2.24) is 14.7 Å². The predicted octanol–water partition coefficient (Wildman–Crippen LogP) is 0.586. The molecular formula is C11H11N3O4S. The number of pyridine rings is 1. The molecule has 0 amide bonds. The summed E-state index contributed by atoms with van der Waals surface area (Å²) in [4.78, 5) is 16.9. The highest BCUT2D eigenvalue weighted by Gasteiger charge is 2.17. The van der Waals surface area contributed by atoms with Crippen LogP contribution in [-0.2, 0) is 16.6 Å². The fourth-order valence-electron chi connectivity index (χ4n) is 1.41. The number of nitrogens with zero attached hydrogens (tertiary/aromatic N) is 1. The lowest BCUT2D eigenvalue weighted by Crippen LogP contribution is -2.23. The van der Waals surface area contributed by atoms with Gasteiger partial charge in [-0.3, -0.25) is 4.98 Å². The van der Waals surface area contributed by atoms with Crippen molar-refractivity contribution in [2.75, 3.05) is 0 Å². The quantitative estimate of drug-likeness (QED) is 0.742. The highest BCUT2D eigenvalue weighted by atomic mass is 32.2. The van der Waals surface area contributed by atoms with Gasteiger partial charge in [0.1, 0.15) is 10.6 Å². The maximum atomic E-state index is 11.9. The first kappa shape index (κ1) is 13.2. The van der Waals surface area contributed by atoms with Gasteiger partial charge in [-0.1, -0.05) is 6.07 Å². The van der Waals surface area contributed by atoms with Crippen LogP contribution in [0.3, 0.4) is 0 Å². The third kappa shape index (κ3) is 3.18. The van der Waals surface area contributed by atoms with Crippen LogP contribution >= 0.6 is 0 Å². The first-order valence-electron chi connectivity index (χ1n) is 5.30. The molecule has 2 aromatic rings. The molecule has 0 saturated carbocycles. The summed E-state index contributed by atoms with van der Waals surface area (Å²) in [5, 5.41) is 8.72. The lowest BCUT2D eigenvalue weighted by molar-refractivity contribution is 0.0691. The van der Waals surface area contributed by atoms with E-state index in [9.17, 15) is 13.2 Å². The lowest BCUT2D eigenvalue weighted by Gasteiger charge is -2.03. The Kier molecular flexibility index (Phi) is 3.63. The Morgan fingerprint density at radius 2 is 2.21 bits per heavy atom. The van der Waals surface area contributed by atoms with E-state index in [0.717, 1.165) is 12.3 Å². The molecule has 0 radical (unpaired) electrons. The molecule has 2 rings (SSSR count). The molecule has 7 nitrogen and oxygen atoms in total. The second-order valence-corrected chi connectivity index (χ2v) is 5.47. The van der Waals surface area contributed by atoms with E-state index in [2.05, 4.69) is 14.7 Å². The number of carbonyl (C=O) groups is 1. The van der Waals surface area contributed by atoms with Gasteiger partial charge in [-0.15, -0.1) is 0 Å². The molecule has 0 spiro atoms. The smallest absolute Gasteiger partial charge is 0.352 e. The second-order valence-electron chi connectivity index (χ2n) is 3.70. The van der Waals surface area contributed by atoms with Crippen LogP contribution in [0.2, 0.25) is 0 Å². The fraction of sp³-hybridized carbons (Fsp3) is 0.0909. The summed E-state index contributed by atoms with van der Waals surface area (Å²) in [7, 11) is -3.76. The van der Waals surface area contributed by atoms with Gasteiger partial charge in [0.15, 0.2) is 0 Å². The van der Waals surface area contributed by atoms with Gasteiger partial charge in [-0.25, -0.2) is 17.9 Å². The van der Waals surface area contributed by atoms with Gasteiger partial charge in [-0.2, -0.15) is 0 Å². The summed E-state index contributed by atoms with van der Waals surface area (Å²) in [6.45, 7) is 0.0385. The highest BCUT2D eigenvalue weighted by Crippen LogP contribution is 2.11. The number of carboxylic acid groups (broad SMARTS) is 1. The lowest BCUT2D eigenvalue weighted by atomic mass is 10.4. The first-order chi connectivity index (χ1) is 8.99. The van der Waals surface area contributed by atoms with E-state index >= 15 is 0 Å². The number of rotatable bonds is 5. The molecule has 0 aliphatic carbocycles. The van der Waals surface area contributed by atoms with Crippen molar-refractivity contribution in [1.29, 1.82) is 0 Å². The number of H-pyrrole nitrogens is 1. The molecule has 0 aliphatic rings. The standard InChI is InChI=1S/C11H11N3O4S/c15-11(16)10-5-9(7-13-10)19(17,18)14-6-8-3-1-2-4-12-8/h1-5,7,13-14H,6H2,(H,15,16). The van der Waals surface area contributed by atoms with Crippen LogP contribution in [0.5, 0.6) is 0 Å². The Hall–Kier alpha value is -2.19. The number of hydrogen-bond donors (Lipinski definition) is 3. The highest BCUT2D eigenvalue weighted by molar-refractivity contribution is 7.89. The summed E-state index contributed by atoms with van der Waals surface area (Å²) >= 11 is 0. The average molecular weight is 281 g/mol. The summed E-state index contributed by atoms with van der Waals surface area (Å²) in [6, 6.07) is 6.21. The van der Waals surface area contributed by atoms with Gasteiger partial charge in [0.2, 0.25) is 10.0 Å². The molecule has 0 bridgehead atoms. The zero-order chi connectivity index (χ0) is 13.9. The van der Waals surface area contributed by atoms with E-state index in [1.165, 1.54) is 0 Å². The minimum absolute atomic E-state index is 0.0385. The topological polar surface area (TPSA) is 112 Å². The molecule has 0 unspecified atom stereocenters. The zero-order valence-corrected chi connectivity index (χ0v) is 10.5. The average Bonchev–Trinajstić information content (AvgIpc) is 2.88. The van der Waals surface area contributed by atoms with Gasteiger partial charge in [0.25, 0.3) is 0 Å². The van der Waals surface area contributed by atoms with Crippen LogP contribution in [0.25, 0.3) is 0 Å². The van der Waals surface area contributed by atoms with Gasteiger partial charge in [0, 0.05) is 12.4 Å². The Bertz CT molecular complexity index is 679. The Morgan fingerprint density at radius 1 is 1.42 bits per heavy atom. The van der Waals surface area contributed by atoms with Crippen LogP contribution in [0.4, 0.5) is 0 Å². The van der Waals surface area contributed by atoms with Gasteiger partial charge < -0.3 is 10.1 Å². The maximum Gasteiger partial charge on any atom is 0.352 e. The van der Waals surface area contributed by atoms with Crippen molar-refractivity contribution in [3.05, 3.63) is 48.0 Å². The number of aromatic nitrogens is 2. The molecule has 0 aromatic carbocycles. The first-order valence-corrected chi connectivity index (χ1v) is 6.78. The van der Waals surface area contributed by atoms with Gasteiger partial charge in [0.05, 0.1) is 12.2 Å². The number of carboxylic acids is 1. The molecule has 0 atom stereocenters. The number of hydrogen-bond acceptors (Lipinski definition) is 4. The van der Waals surface area contributed by atoms with Crippen molar-refractivity contribution >= 4 is 16.0 Å². The van der Waals surface area contributed by atoms with Crippen LogP contribution in [0.15, 0.2) is 41.6 Å². The molecule has 2 heterocycles. The molecule has 100 valence electrons. The SMILES string of the molecule is O=C(O)c1cc(S(=O)(=O)NCc2ccccn2)c[nH]1. The van der Waals surface area contributed by atoms with E-state index in [0.29, 0.717) is 5.69 Å². The van der Waals surface area contributed by atoms with Crippen molar-refractivity contribution in [3.63, 3.8) is 0 Å². The van der Waals surface area contributed by atoms with E-state index in [4.69, 9.17) is 5.11 Å². The molecule has 8 heteroatoms. The van der Waals surface area contributed by atoms with Crippen molar-refractivity contribution in [3.8, 4) is 0 Å². The third-order valence-electron chi connectivity index (χ3n) is 2.37. The molecular weight excluding hydrogens is 270 g/mol.